The van der Waals surface area contributed by atoms with Gasteiger partial charge in [0.05, 0.1) is 11.9 Å². The van der Waals surface area contributed by atoms with Gasteiger partial charge in [-0.1, -0.05) is 6.08 Å². The van der Waals surface area contributed by atoms with Crippen LogP contribution in [0.4, 0.5) is 5.69 Å². The average Bonchev–Trinajstić information content (AvgIpc) is 2.53. The third-order valence-corrected chi connectivity index (χ3v) is 1.36. The Morgan fingerprint density at radius 1 is 1.83 bits per heavy atom. The van der Waals surface area contributed by atoms with E-state index < -0.39 is 0 Å². The lowest BCUT2D eigenvalue weighted by atomic mass is 10.3. The van der Waals surface area contributed by atoms with Crippen LogP contribution in [-0.4, -0.2) is 16.1 Å². The van der Waals surface area contributed by atoms with Gasteiger partial charge < -0.3 is 5.32 Å². The summed E-state index contributed by atoms with van der Waals surface area (Å²) < 4.78 is 0. The van der Waals surface area contributed by atoms with Gasteiger partial charge in [0, 0.05) is 12.6 Å². The number of hydrogen-bond acceptors (Lipinski definition) is 2. The molecule has 0 spiro atoms. The Morgan fingerprint density at radius 2 is 2.67 bits per heavy atom. The molecule has 0 aromatic carbocycles. The normalized spacial score (nSPS) is 9.33. The molecule has 1 aromatic rings. The maximum Gasteiger partial charge on any atom is 0.224 e. The molecule has 12 heavy (non-hydrogen) atoms. The molecule has 0 atom stereocenters. The first-order valence-electron chi connectivity index (χ1n) is 3.72. The van der Waals surface area contributed by atoms with E-state index in [-0.39, 0.29) is 5.91 Å². The highest BCUT2D eigenvalue weighted by molar-refractivity contribution is 5.90. The quantitative estimate of drug-likeness (QED) is 0.661. The summed E-state index contributed by atoms with van der Waals surface area (Å²) in [7, 11) is 0. The molecular weight excluding hydrogens is 154 g/mol. The number of carbonyl (C=O) groups excluding carboxylic acids is 1. The molecule has 0 aliphatic carbocycles. The SMILES string of the molecule is C=CCCC(=O)Nc1cn[nH]c1. The van der Waals surface area contributed by atoms with E-state index in [0.717, 1.165) is 0 Å². The van der Waals surface area contributed by atoms with Gasteiger partial charge in [0.15, 0.2) is 0 Å². The van der Waals surface area contributed by atoms with Crippen molar-refractivity contribution < 1.29 is 4.79 Å². The molecular formula is C8H11N3O. The third kappa shape index (κ3) is 2.57. The van der Waals surface area contributed by atoms with Crippen LogP contribution in [-0.2, 0) is 4.79 Å². The molecule has 0 unspecified atom stereocenters. The van der Waals surface area contributed by atoms with Crippen LogP contribution in [0.15, 0.2) is 25.0 Å². The summed E-state index contributed by atoms with van der Waals surface area (Å²) in [6.45, 7) is 3.53. The van der Waals surface area contributed by atoms with Gasteiger partial charge in [-0.15, -0.1) is 6.58 Å². The minimum absolute atomic E-state index is 0.0173. The second-order valence-electron chi connectivity index (χ2n) is 2.36. The Morgan fingerprint density at radius 3 is 3.25 bits per heavy atom. The first-order chi connectivity index (χ1) is 5.83. The predicted octanol–water partition coefficient (Wildman–Crippen LogP) is 1.31. The Labute approximate surface area is 70.7 Å². The van der Waals surface area contributed by atoms with Crippen molar-refractivity contribution in [3.63, 3.8) is 0 Å². The summed E-state index contributed by atoms with van der Waals surface area (Å²) in [4.78, 5) is 11.1. The predicted molar refractivity (Wildman–Crippen MR) is 46.6 cm³/mol. The summed E-state index contributed by atoms with van der Waals surface area (Å²) >= 11 is 0. The molecule has 0 aliphatic rings. The monoisotopic (exact) mass is 165 g/mol. The van der Waals surface area contributed by atoms with E-state index in [1.165, 1.54) is 0 Å². The highest BCUT2D eigenvalue weighted by Gasteiger charge is 2.00. The van der Waals surface area contributed by atoms with Crippen LogP contribution in [0.1, 0.15) is 12.8 Å². The highest BCUT2D eigenvalue weighted by Crippen LogP contribution is 2.02. The van der Waals surface area contributed by atoms with Gasteiger partial charge in [-0.3, -0.25) is 9.89 Å². The highest BCUT2D eigenvalue weighted by atomic mass is 16.1. The van der Waals surface area contributed by atoms with Gasteiger partial charge in [-0.25, -0.2) is 0 Å². The van der Waals surface area contributed by atoms with Crippen molar-refractivity contribution in [3.8, 4) is 0 Å². The zero-order valence-electron chi connectivity index (χ0n) is 6.71. The van der Waals surface area contributed by atoms with Crippen molar-refractivity contribution in [1.29, 1.82) is 0 Å². The Balaban J connectivity index is 2.32. The number of anilines is 1. The van der Waals surface area contributed by atoms with Gasteiger partial charge >= 0.3 is 0 Å². The standard InChI is InChI=1S/C8H11N3O/c1-2-3-4-8(12)11-7-5-9-10-6-7/h2,5-6H,1,3-4H2,(H,9,10)(H,11,12). The van der Waals surface area contributed by atoms with Gasteiger partial charge in [-0.2, -0.15) is 5.10 Å². The smallest absolute Gasteiger partial charge is 0.224 e. The van der Waals surface area contributed by atoms with Gasteiger partial charge in [0.25, 0.3) is 0 Å². The van der Waals surface area contributed by atoms with E-state index in [1.54, 1.807) is 18.5 Å². The number of nitrogens with zero attached hydrogens (tertiary/aromatic N) is 1. The second-order valence-corrected chi connectivity index (χ2v) is 2.36. The molecule has 2 N–H and O–H groups in total. The molecule has 0 bridgehead atoms. The minimum atomic E-state index is -0.0173. The number of H-pyrrole nitrogens is 1. The van der Waals surface area contributed by atoms with E-state index in [9.17, 15) is 4.79 Å². The van der Waals surface area contributed by atoms with E-state index in [4.69, 9.17) is 0 Å². The van der Waals surface area contributed by atoms with Crippen LogP contribution in [0.25, 0.3) is 0 Å². The Bertz CT molecular complexity index is 253. The van der Waals surface area contributed by atoms with Crippen LogP contribution in [0.2, 0.25) is 0 Å². The molecule has 1 amide bonds. The minimum Gasteiger partial charge on any atom is -0.323 e. The van der Waals surface area contributed by atoms with Crippen LogP contribution in [0.5, 0.6) is 0 Å². The molecule has 0 fully saturated rings. The van der Waals surface area contributed by atoms with Crippen molar-refractivity contribution in [2.45, 2.75) is 12.8 Å². The lowest BCUT2D eigenvalue weighted by molar-refractivity contribution is -0.116. The average molecular weight is 165 g/mol. The van der Waals surface area contributed by atoms with Crippen molar-refractivity contribution in [2.75, 3.05) is 5.32 Å². The van der Waals surface area contributed by atoms with Crippen LogP contribution >= 0.6 is 0 Å². The maximum absolute atomic E-state index is 11.1. The fourth-order valence-corrected chi connectivity index (χ4v) is 0.776. The topological polar surface area (TPSA) is 57.8 Å². The van der Waals surface area contributed by atoms with Gasteiger partial charge in [0.1, 0.15) is 0 Å². The second kappa shape index (κ2) is 4.33. The van der Waals surface area contributed by atoms with Crippen molar-refractivity contribution in [1.82, 2.24) is 10.2 Å². The van der Waals surface area contributed by atoms with Gasteiger partial charge in [0.2, 0.25) is 5.91 Å². The number of carbonyl (C=O) groups is 1. The first-order valence-corrected chi connectivity index (χ1v) is 3.72. The fraction of sp³-hybridized carbons (Fsp3) is 0.250. The van der Waals surface area contributed by atoms with E-state index in [0.29, 0.717) is 18.5 Å². The van der Waals surface area contributed by atoms with Gasteiger partial charge in [-0.05, 0) is 6.42 Å². The van der Waals surface area contributed by atoms with E-state index in [1.807, 2.05) is 0 Å². The van der Waals surface area contributed by atoms with Crippen molar-refractivity contribution in [3.05, 3.63) is 25.0 Å². The van der Waals surface area contributed by atoms with Crippen molar-refractivity contribution in [2.24, 2.45) is 0 Å². The van der Waals surface area contributed by atoms with Crippen LogP contribution in [0, 0.1) is 0 Å². The molecule has 1 aromatic heterocycles. The lowest BCUT2D eigenvalue weighted by Gasteiger charge is -1.98. The number of allylic oxidation sites excluding steroid dienone is 1. The van der Waals surface area contributed by atoms with Crippen LogP contribution < -0.4 is 5.32 Å². The molecule has 1 heterocycles. The molecule has 0 radical (unpaired) electrons. The first kappa shape index (κ1) is 8.52. The van der Waals surface area contributed by atoms with E-state index >= 15 is 0 Å². The summed E-state index contributed by atoms with van der Waals surface area (Å²) in [5, 5.41) is 8.98. The summed E-state index contributed by atoms with van der Waals surface area (Å²) in [5.74, 6) is -0.0173. The molecule has 4 heteroatoms. The third-order valence-electron chi connectivity index (χ3n) is 1.36. The summed E-state index contributed by atoms with van der Waals surface area (Å²) in [6, 6.07) is 0. The molecule has 64 valence electrons. The number of hydrogen-bond donors (Lipinski definition) is 2. The number of aromatic amines is 1. The maximum atomic E-state index is 11.1. The zero-order chi connectivity index (χ0) is 8.81. The van der Waals surface area contributed by atoms with Crippen molar-refractivity contribution >= 4 is 11.6 Å². The molecule has 0 saturated carbocycles. The van der Waals surface area contributed by atoms with Crippen LogP contribution in [0.3, 0.4) is 0 Å². The number of nitrogens with one attached hydrogen (secondary N) is 2. The largest absolute Gasteiger partial charge is 0.323 e. The Hall–Kier alpha value is -1.58. The number of aromatic nitrogens is 2. The molecule has 0 saturated heterocycles. The zero-order valence-corrected chi connectivity index (χ0v) is 6.71. The molecule has 1 rings (SSSR count). The summed E-state index contributed by atoms with van der Waals surface area (Å²) in [5.41, 5.74) is 0.698. The number of rotatable bonds is 4. The fourth-order valence-electron chi connectivity index (χ4n) is 0.776. The summed E-state index contributed by atoms with van der Waals surface area (Å²) in [6.07, 6.45) is 6.07. The number of amides is 1. The molecule has 4 nitrogen and oxygen atoms in total. The Kier molecular flexibility index (Phi) is 3.07. The lowest BCUT2D eigenvalue weighted by Crippen LogP contribution is -2.09. The van der Waals surface area contributed by atoms with E-state index in [2.05, 4.69) is 22.1 Å². The molecule has 0 aliphatic heterocycles.